The number of methoxy groups -OCH3 is 1. The van der Waals surface area contributed by atoms with E-state index in [2.05, 4.69) is 5.32 Å². The highest BCUT2D eigenvalue weighted by Gasteiger charge is 2.24. The molecule has 9 heteroatoms. The van der Waals surface area contributed by atoms with E-state index < -0.39 is 11.2 Å². The molecule has 1 aliphatic heterocycles. The van der Waals surface area contributed by atoms with Crippen LogP contribution < -0.4 is 21.3 Å². The first-order chi connectivity index (χ1) is 14.4. The molecule has 1 fully saturated rings. The fraction of sp³-hybridized carbons (Fsp3) is 0.429. The standard InChI is InChI=1S/C21H26N4O5/c1-23-19(27)9-12-25(21(23)29)14-18(26)22-16-7-10-24(11-8-16)20(28)13-15-5-3-4-6-17(15)30-2/h3-6,9,12,16H,7-8,10-11,13-14H2,1-2H3,(H,22,26). The zero-order valence-electron chi connectivity index (χ0n) is 17.2. The topological polar surface area (TPSA) is 103 Å². The highest BCUT2D eigenvalue weighted by molar-refractivity contribution is 5.80. The van der Waals surface area contributed by atoms with Crippen LogP contribution in [0.25, 0.3) is 0 Å². The van der Waals surface area contributed by atoms with E-state index in [0.717, 1.165) is 10.1 Å². The van der Waals surface area contributed by atoms with E-state index in [9.17, 15) is 19.2 Å². The predicted molar refractivity (Wildman–Crippen MR) is 110 cm³/mol. The summed E-state index contributed by atoms with van der Waals surface area (Å²) in [7, 11) is 2.96. The number of para-hydroxylation sites is 1. The smallest absolute Gasteiger partial charge is 0.331 e. The van der Waals surface area contributed by atoms with E-state index in [4.69, 9.17) is 4.74 Å². The number of nitrogens with zero attached hydrogens (tertiary/aromatic N) is 3. The largest absolute Gasteiger partial charge is 0.496 e. The molecule has 2 amide bonds. The molecule has 30 heavy (non-hydrogen) atoms. The lowest BCUT2D eigenvalue weighted by Gasteiger charge is -2.32. The summed E-state index contributed by atoms with van der Waals surface area (Å²) in [5.41, 5.74) is -0.0978. The summed E-state index contributed by atoms with van der Waals surface area (Å²) in [5, 5.41) is 2.91. The maximum Gasteiger partial charge on any atom is 0.331 e. The fourth-order valence-corrected chi connectivity index (χ4v) is 3.56. The molecule has 3 rings (SSSR count). The minimum absolute atomic E-state index is 0.0287. The van der Waals surface area contributed by atoms with Crippen molar-refractivity contribution < 1.29 is 14.3 Å². The van der Waals surface area contributed by atoms with Crippen LogP contribution in [-0.4, -0.2) is 52.1 Å². The van der Waals surface area contributed by atoms with Gasteiger partial charge in [0.2, 0.25) is 11.8 Å². The van der Waals surface area contributed by atoms with Crippen LogP contribution in [0.3, 0.4) is 0 Å². The minimum atomic E-state index is -0.533. The van der Waals surface area contributed by atoms with Crippen molar-refractivity contribution in [3.63, 3.8) is 0 Å². The third-order valence-corrected chi connectivity index (χ3v) is 5.32. The Labute approximate surface area is 173 Å². The van der Waals surface area contributed by atoms with Crippen molar-refractivity contribution in [1.82, 2.24) is 19.4 Å². The van der Waals surface area contributed by atoms with Crippen LogP contribution in [0, 0.1) is 0 Å². The summed E-state index contributed by atoms with van der Waals surface area (Å²) >= 11 is 0. The molecule has 1 N–H and O–H groups in total. The highest BCUT2D eigenvalue weighted by Crippen LogP contribution is 2.19. The van der Waals surface area contributed by atoms with Crippen molar-refractivity contribution in [1.29, 1.82) is 0 Å². The van der Waals surface area contributed by atoms with Crippen LogP contribution >= 0.6 is 0 Å². The molecule has 0 bridgehead atoms. The number of ether oxygens (including phenoxy) is 1. The van der Waals surface area contributed by atoms with Gasteiger partial charge in [0, 0.05) is 44.0 Å². The van der Waals surface area contributed by atoms with Gasteiger partial charge >= 0.3 is 5.69 Å². The third-order valence-electron chi connectivity index (χ3n) is 5.32. The van der Waals surface area contributed by atoms with E-state index in [-0.39, 0.29) is 30.8 Å². The zero-order valence-corrected chi connectivity index (χ0v) is 17.2. The number of aromatic nitrogens is 2. The van der Waals surface area contributed by atoms with Gasteiger partial charge in [-0.2, -0.15) is 0 Å². The normalized spacial score (nSPS) is 14.4. The van der Waals surface area contributed by atoms with Gasteiger partial charge in [0.15, 0.2) is 0 Å². The number of hydrogen-bond acceptors (Lipinski definition) is 5. The Balaban J connectivity index is 1.50. The van der Waals surface area contributed by atoms with Crippen LogP contribution in [-0.2, 0) is 29.6 Å². The van der Waals surface area contributed by atoms with Crippen molar-refractivity contribution in [3.8, 4) is 5.75 Å². The first kappa shape index (κ1) is 21.4. The Morgan fingerprint density at radius 1 is 1.13 bits per heavy atom. The van der Waals surface area contributed by atoms with Crippen LogP contribution in [0.2, 0.25) is 0 Å². The summed E-state index contributed by atoms with van der Waals surface area (Å²) in [6, 6.07) is 8.65. The van der Waals surface area contributed by atoms with Gasteiger partial charge in [-0.15, -0.1) is 0 Å². The van der Waals surface area contributed by atoms with Crippen LogP contribution in [0.4, 0.5) is 0 Å². The third kappa shape index (κ3) is 4.97. The van der Waals surface area contributed by atoms with Gasteiger partial charge in [0.1, 0.15) is 12.3 Å². The Morgan fingerprint density at radius 2 is 1.83 bits per heavy atom. The van der Waals surface area contributed by atoms with Gasteiger partial charge in [0.25, 0.3) is 5.56 Å². The van der Waals surface area contributed by atoms with Crippen LogP contribution in [0.15, 0.2) is 46.1 Å². The Kier molecular flexibility index (Phi) is 6.71. The number of hydrogen-bond donors (Lipinski definition) is 1. The molecule has 1 aromatic heterocycles. The molecule has 1 saturated heterocycles. The molecule has 1 aliphatic rings. The van der Waals surface area contributed by atoms with Gasteiger partial charge in [-0.25, -0.2) is 4.79 Å². The fourth-order valence-electron chi connectivity index (χ4n) is 3.56. The molecule has 0 spiro atoms. The number of carbonyl (C=O) groups excluding carboxylic acids is 2. The number of likely N-dealkylation sites (tertiary alicyclic amines) is 1. The maximum absolute atomic E-state index is 12.6. The van der Waals surface area contributed by atoms with Gasteiger partial charge < -0.3 is 15.0 Å². The summed E-state index contributed by atoms with van der Waals surface area (Å²) in [4.78, 5) is 50.2. The SMILES string of the molecule is COc1ccccc1CC(=O)N1CCC(NC(=O)Cn2ccc(=O)n(C)c2=O)CC1. The molecular formula is C21H26N4O5. The molecule has 2 heterocycles. The lowest BCUT2D eigenvalue weighted by atomic mass is 10.0. The molecule has 9 nitrogen and oxygen atoms in total. The van der Waals surface area contributed by atoms with Gasteiger partial charge in [-0.1, -0.05) is 18.2 Å². The molecule has 0 aliphatic carbocycles. The second-order valence-electron chi connectivity index (χ2n) is 7.33. The summed E-state index contributed by atoms with van der Waals surface area (Å²) in [6.45, 7) is 0.956. The number of amides is 2. The second kappa shape index (κ2) is 9.43. The molecule has 0 radical (unpaired) electrons. The second-order valence-corrected chi connectivity index (χ2v) is 7.33. The van der Waals surface area contributed by atoms with E-state index in [0.29, 0.717) is 31.7 Å². The number of piperidine rings is 1. The molecule has 0 saturated carbocycles. The Bertz CT molecular complexity index is 1030. The Morgan fingerprint density at radius 3 is 2.53 bits per heavy atom. The van der Waals surface area contributed by atoms with Crippen molar-refractivity contribution >= 4 is 11.8 Å². The first-order valence-electron chi connectivity index (χ1n) is 9.84. The lowest BCUT2D eigenvalue weighted by Crippen LogP contribution is -2.48. The number of rotatable bonds is 6. The van der Waals surface area contributed by atoms with Crippen LogP contribution in [0.1, 0.15) is 18.4 Å². The van der Waals surface area contributed by atoms with Crippen LogP contribution in [0.5, 0.6) is 5.75 Å². The van der Waals surface area contributed by atoms with E-state index in [1.165, 1.54) is 23.9 Å². The molecule has 1 aromatic carbocycles. The van der Waals surface area contributed by atoms with E-state index in [1.807, 2.05) is 24.3 Å². The monoisotopic (exact) mass is 414 g/mol. The average molecular weight is 414 g/mol. The van der Waals surface area contributed by atoms with Crippen molar-refractivity contribution in [2.24, 2.45) is 7.05 Å². The summed E-state index contributed by atoms with van der Waals surface area (Å²) < 4.78 is 7.46. The Hall–Kier alpha value is -3.36. The van der Waals surface area contributed by atoms with Crippen molar-refractivity contribution in [2.45, 2.75) is 31.8 Å². The van der Waals surface area contributed by atoms with Gasteiger partial charge in [0.05, 0.1) is 13.5 Å². The molecule has 160 valence electrons. The molecule has 2 aromatic rings. The molecule has 0 atom stereocenters. The highest BCUT2D eigenvalue weighted by atomic mass is 16.5. The van der Waals surface area contributed by atoms with E-state index >= 15 is 0 Å². The zero-order chi connectivity index (χ0) is 21.7. The number of benzene rings is 1. The van der Waals surface area contributed by atoms with Crippen molar-refractivity contribution in [2.75, 3.05) is 20.2 Å². The van der Waals surface area contributed by atoms with Gasteiger partial charge in [-0.3, -0.25) is 23.5 Å². The molecular weight excluding hydrogens is 388 g/mol. The first-order valence-corrected chi connectivity index (χ1v) is 9.84. The average Bonchev–Trinajstić information content (AvgIpc) is 2.75. The summed E-state index contributed by atoms with van der Waals surface area (Å²) in [5.74, 6) is 0.428. The maximum atomic E-state index is 12.6. The lowest BCUT2D eigenvalue weighted by molar-refractivity contribution is -0.131. The van der Waals surface area contributed by atoms with Crippen molar-refractivity contribution in [3.05, 3.63) is 62.9 Å². The molecule has 0 unspecified atom stereocenters. The quantitative estimate of drug-likeness (QED) is 0.712. The van der Waals surface area contributed by atoms with E-state index in [1.54, 1.807) is 12.0 Å². The number of nitrogens with one attached hydrogen (secondary N) is 1. The summed E-state index contributed by atoms with van der Waals surface area (Å²) in [6.07, 6.45) is 2.89. The number of carbonyl (C=O) groups is 2. The van der Waals surface area contributed by atoms with Gasteiger partial charge in [-0.05, 0) is 18.9 Å². The minimum Gasteiger partial charge on any atom is -0.496 e. The predicted octanol–water partition coefficient (Wildman–Crippen LogP) is -0.0945.